The van der Waals surface area contributed by atoms with Gasteiger partial charge >= 0.3 is 0 Å². The van der Waals surface area contributed by atoms with Crippen LogP contribution >= 0.6 is 0 Å². The highest BCUT2D eigenvalue weighted by atomic mass is 32.2. The lowest BCUT2D eigenvalue weighted by molar-refractivity contribution is 0.581. The summed E-state index contributed by atoms with van der Waals surface area (Å²) in [5.74, 6) is -0.354. The van der Waals surface area contributed by atoms with E-state index in [2.05, 4.69) is 10.3 Å². The molecule has 0 radical (unpaired) electrons. The molecule has 0 spiro atoms. The summed E-state index contributed by atoms with van der Waals surface area (Å²) in [4.78, 5) is 4.20. The standard InChI is InChI=1S/C22H17FN2O3S/c1-15-7-9-16(10-8-15)20-25-22(21(28-20)24-18-5-3-2-4-6-18)29(26,27)19-13-11-17(23)12-14-19/h2-14,24H,1H3. The van der Waals surface area contributed by atoms with Crippen LogP contribution in [0, 0.1) is 12.7 Å². The van der Waals surface area contributed by atoms with E-state index in [1.165, 1.54) is 12.1 Å². The maximum absolute atomic E-state index is 13.3. The second kappa shape index (κ2) is 7.52. The van der Waals surface area contributed by atoms with Gasteiger partial charge in [0, 0.05) is 11.3 Å². The molecule has 29 heavy (non-hydrogen) atoms. The Kier molecular flexibility index (Phi) is 4.90. The third-order valence-corrected chi connectivity index (χ3v) is 5.98. The van der Waals surface area contributed by atoms with Crippen LogP contribution in [0.5, 0.6) is 0 Å². The second-order valence-electron chi connectivity index (χ2n) is 6.47. The highest BCUT2D eigenvalue weighted by Gasteiger charge is 2.28. The van der Waals surface area contributed by atoms with Crippen molar-refractivity contribution in [2.75, 3.05) is 5.32 Å². The number of hydrogen-bond acceptors (Lipinski definition) is 5. The van der Waals surface area contributed by atoms with Gasteiger partial charge in [0.1, 0.15) is 5.82 Å². The number of rotatable bonds is 5. The number of aryl methyl sites for hydroxylation is 1. The van der Waals surface area contributed by atoms with E-state index < -0.39 is 15.7 Å². The van der Waals surface area contributed by atoms with Gasteiger partial charge in [0.25, 0.3) is 0 Å². The molecule has 0 aliphatic rings. The van der Waals surface area contributed by atoms with E-state index >= 15 is 0 Å². The van der Waals surface area contributed by atoms with Crippen molar-refractivity contribution in [1.29, 1.82) is 0 Å². The molecule has 1 aromatic heterocycles. The van der Waals surface area contributed by atoms with Crippen molar-refractivity contribution in [3.05, 3.63) is 90.2 Å². The molecule has 1 heterocycles. The topological polar surface area (TPSA) is 72.2 Å². The molecule has 0 aliphatic carbocycles. The van der Waals surface area contributed by atoms with Crippen molar-refractivity contribution < 1.29 is 17.2 Å². The lowest BCUT2D eigenvalue weighted by Crippen LogP contribution is -2.05. The van der Waals surface area contributed by atoms with Gasteiger partial charge in [-0.25, -0.2) is 12.8 Å². The Bertz CT molecular complexity index is 1230. The molecular weight excluding hydrogens is 391 g/mol. The van der Waals surface area contributed by atoms with Gasteiger partial charge in [0.2, 0.25) is 26.6 Å². The normalized spacial score (nSPS) is 11.4. The predicted molar refractivity (Wildman–Crippen MR) is 108 cm³/mol. The number of hydrogen-bond donors (Lipinski definition) is 1. The Morgan fingerprint density at radius 1 is 0.897 bits per heavy atom. The summed E-state index contributed by atoms with van der Waals surface area (Å²) in [6.45, 7) is 1.95. The number of anilines is 2. The number of nitrogens with one attached hydrogen (secondary N) is 1. The third-order valence-electron chi connectivity index (χ3n) is 4.30. The molecule has 0 amide bonds. The molecule has 0 fully saturated rings. The fraction of sp³-hybridized carbons (Fsp3) is 0.0455. The number of aromatic nitrogens is 1. The van der Waals surface area contributed by atoms with Crippen LogP contribution in [0.3, 0.4) is 0 Å². The molecule has 0 bridgehead atoms. The van der Waals surface area contributed by atoms with Gasteiger partial charge in [-0.15, -0.1) is 0 Å². The molecule has 0 unspecified atom stereocenters. The van der Waals surface area contributed by atoms with Crippen LogP contribution in [0.1, 0.15) is 5.56 Å². The summed E-state index contributed by atoms with van der Waals surface area (Å²) in [5.41, 5.74) is 2.35. The number of benzene rings is 3. The van der Waals surface area contributed by atoms with Crippen LogP contribution in [0.25, 0.3) is 11.5 Å². The maximum Gasteiger partial charge on any atom is 0.238 e. The van der Waals surface area contributed by atoms with Crippen LogP contribution in [-0.4, -0.2) is 13.4 Å². The first-order valence-corrected chi connectivity index (χ1v) is 10.3. The quantitative estimate of drug-likeness (QED) is 0.450. The van der Waals surface area contributed by atoms with E-state index in [1.54, 1.807) is 12.1 Å². The van der Waals surface area contributed by atoms with E-state index in [4.69, 9.17) is 4.42 Å². The highest BCUT2D eigenvalue weighted by molar-refractivity contribution is 7.91. The minimum Gasteiger partial charge on any atom is -0.419 e. The van der Waals surface area contributed by atoms with Gasteiger partial charge in [0.15, 0.2) is 0 Å². The lowest BCUT2D eigenvalue weighted by atomic mass is 10.1. The van der Waals surface area contributed by atoms with Crippen molar-refractivity contribution in [1.82, 2.24) is 4.98 Å². The lowest BCUT2D eigenvalue weighted by Gasteiger charge is -2.06. The van der Waals surface area contributed by atoms with Gasteiger partial charge < -0.3 is 9.73 Å². The Balaban J connectivity index is 1.84. The number of halogens is 1. The minimum atomic E-state index is -4.04. The Morgan fingerprint density at radius 2 is 1.55 bits per heavy atom. The van der Waals surface area contributed by atoms with Crippen molar-refractivity contribution in [3.63, 3.8) is 0 Å². The zero-order chi connectivity index (χ0) is 20.4. The van der Waals surface area contributed by atoms with E-state index in [1.807, 2.05) is 49.4 Å². The summed E-state index contributed by atoms with van der Waals surface area (Å²) >= 11 is 0. The molecule has 0 saturated heterocycles. The van der Waals surface area contributed by atoms with Gasteiger partial charge in [-0.05, 0) is 55.5 Å². The predicted octanol–water partition coefficient (Wildman–Crippen LogP) is 5.37. The van der Waals surface area contributed by atoms with E-state index in [0.717, 1.165) is 17.7 Å². The number of sulfone groups is 1. The summed E-state index contributed by atoms with van der Waals surface area (Å²) < 4.78 is 45.4. The molecule has 0 aliphatic heterocycles. The first-order valence-electron chi connectivity index (χ1n) is 8.84. The van der Waals surface area contributed by atoms with Gasteiger partial charge in [-0.2, -0.15) is 4.98 Å². The average molecular weight is 408 g/mol. The first kappa shape index (κ1) is 18.9. The first-order chi connectivity index (χ1) is 13.9. The van der Waals surface area contributed by atoms with Crippen molar-refractivity contribution in [2.45, 2.75) is 16.8 Å². The van der Waals surface area contributed by atoms with Crippen LogP contribution in [0.2, 0.25) is 0 Å². The molecule has 3 aromatic carbocycles. The number of oxazole rings is 1. The second-order valence-corrected chi connectivity index (χ2v) is 8.33. The smallest absolute Gasteiger partial charge is 0.238 e. The van der Waals surface area contributed by atoms with Crippen molar-refractivity contribution in [2.24, 2.45) is 0 Å². The molecule has 0 saturated carbocycles. The third kappa shape index (κ3) is 3.90. The van der Waals surface area contributed by atoms with Crippen LogP contribution in [0.4, 0.5) is 16.0 Å². The largest absolute Gasteiger partial charge is 0.419 e. The fourth-order valence-corrected chi connectivity index (χ4v) is 4.02. The number of para-hydroxylation sites is 1. The summed E-state index contributed by atoms with van der Waals surface area (Å²) in [5, 5.41) is 2.72. The summed E-state index contributed by atoms with van der Waals surface area (Å²) in [6, 6.07) is 21.0. The molecule has 4 rings (SSSR count). The van der Waals surface area contributed by atoms with Crippen molar-refractivity contribution >= 4 is 21.4 Å². The molecule has 4 aromatic rings. The zero-order valence-electron chi connectivity index (χ0n) is 15.5. The zero-order valence-corrected chi connectivity index (χ0v) is 16.3. The Hall–Kier alpha value is -3.45. The van der Waals surface area contributed by atoms with Crippen LogP contribution in [0.15, 0.2) is 93.2 Å². The maximum atomic E-state index is 13.3. The minimum absolute atomic E-state index is 0.00361. The summed E-state index contributed by atoms with van der Waals surface area (Å²) in [7, 11) is -4.04. The van der Waals surface area contributed by atoms with Crippen LogP contribution in [-0.2, 0) is 9.84 Å². The molecular formula is C22H17FN2O3S. The van der Waals surface area contributed by atoms with E-state index in [-0.39, 0.29) is 21.7 Å². The molecule has 146 valence electrons. The van der Waals surface area contributed by atoms with E-state index in [9.17, 15) is 12.8 Å². The fourth-order valence-electron chi connectivity index (χ4n) is 2.76. The Labute approximate surface area is 167 Å². The van der Waals surface area contributed by atoms with Crippen LogP contribution < -0.4 is 5.32 Å². The highest BCUT2D eigenvalue weighted by Crippen LogP contribution is 2.34. The SMILES string of the molecule is Cc1ccc(-c2nc(S(=O)(=O)c3ccc(F)cc3)c(Nc3ccccc3)o2)cc1. The average Bonchev–Trinajstić information content (AvgIpc) is 3.14. The Morgan fingerprint density at radius 3 is 2.21 bits per heavy atom. The number of nitrogens with zero attached hydrogens (tertiary/aromatic N) is 1. The summed E-state index contributed by atoms with van der Waals surface area (Å²) in [6.07, 6.45) is 0. The monoisotopic (exact) mass is 408 g/mol. The molecule has 7 heteroatoms. The molecule has 0 atom stereocenters. The van der Waals surface area contributed by atoms with Crippen molar-refractivity contribution in [3.8, 4) is 11.5 Å². The molecule has 5 nitrogen and oxygen atoms in total. The van der Waals surface area contributed by atoms with Gasteiger partial charge in [-0.3, -0.25) is 0 Å². The van der Waals surface area contributed by atoms with Gasteiger partial charge in [0.05, 0.1) is 4.90 Å². The van der Waals surface area contributed by atoms with Gasteiger partial charge in [-0.1, -0.05) is 35.9 Å². The molecule has 1 N–H and O–H groups in total. The van der Waals surface area contributed by atoms with E-state index in [0.29, 0.717) is 11.3 Å².